The molecule has 0 unspecified atom stereocenters. The SMILES string of the molecule is O=C(c1ccnnc1)N1CCOC2(CCN(c3nccc4ccccc34)CC2)C1. The van der Waals surface area contributed by atoms with Gasteiger partial charge in [-0.1, -0.05) is 24.3 Å². The quantitative estimate of drug-likeness (QED) is 0.671. The number of piperidine rings is 1. The van der Waals surface area contributed by atoms with E-state index in [1.54, 1.807) is 12.3 Å². The van der Waals surface area contributed by atoms with Gasteiger partial charge in [0.1, 0.15) is 5.82 Å². The summed E-state index contributed by atoms with van der Waals surface area (Å²) in [4.78, 5) is 21.7. The fourth-order valence-electron chi connectivity index (χ4n) is 4.40. The number of pyridine rings is 1. The summed E-state index contributed by atoms with van der Waals surface area (Å²) in [6.07, 6.45) is 6.70. The number of hydrogen-bond acceptors (Lipinski definition) is 6. The lowest BCUT2D eigenvalue weighted by Crippen LogP contribution is -2.58. The lowest BCUT2D eigenvalue weighted by molar-refractivity contribution is -0.111. The molecule has 0 radical (unpaired) electrons. The van der Waals surface area contributed by atoms with Crippen LogP contribution in [0.3, 0.4) is 0 Å². The fourth-order valence-corrected chi connectivity index (χ4v) is 4.40. The van der Waals surface area contributed by atoms with Gasteiger partial charge in [-0.15, -0.1) is 0 Å². The Morgan fingerprint density at radius 1 is 1.00 bits per heavy atom. The molecule has 0 atom stereocenters. The van der Waals surface area contributed by atoms with Gasteiger partial charge in [0, 0.05) is 31.2 Å². The third-order valence-electron chi connectivity index (χ3n) is 5.99. The first kappa shape index (κ1) is 18.0. The van der Waals surface area contributed by atoms with Crippen LogP contribution in [0.4, 0.5) is 5.82 Å². The summed E-state index contributed by atoms with van der Waals surface area (Å²) in [5.41, 5.74) is 0.296. The molecule has 5 rings (SSSR count). The topological polar surface area (TPSA) is 71.5 Å². The first-order chi connectivity index (χ1) is 14.2. The number of hydrogen-bond donors (Lipinski definition) is 0. The number of morpholine rings is 1. The van der Waals surface area contributed by atoms with E-state index in [2.05, 4.69) is 44.3 Å². The van der Waals surface area contributed by atoms with Crippen LogP contribution in [-0.2, 0) is 4.74 Å². The van der Waals surface area contributed by atoms with Crippen LogP contribution >= 0.6 is 0 Å². The summed E-state index contributed by atoms with van der Waals surface area (Å²) in [5, 5.41) is 9.97. The van der Waals surface area contributed by atoms with Gasteiger partial charge in [-0.05, 0) is 30.4 Å². The first-order valence-corrected chi connectivity index (χ1v) is 10.0. The number of aromatic nitrogens is 3. The molecule has 2 aromatic heterocycles. The molecule has 2 fully saturated rings. The molecule has 2 aliphatic heterocycles. The maximum Gasteiger partial charge on any atom is 0.255 e. The maximum atomic E-state index is 12.8. The Morgan fingerprint density at radius 3 is 2.69 bits per heavy atom. The van der Waals surface area contributed by atoms with Gasteiger partial charge in [0.2, 0.25) is 0 Å². The molecular formula is C22H23N5O2. The first-order valence-electron chi connectivity index (χ1n) is 10.0. The lowest BCUT2D eigenvalue weighted by Gasteiger charge is -2.47. The standard InChI is InChI=1S/C22H23N5O2/c28-21(18-6-10-24-25-15-18)27-13-14-29-22(16-27)7-11-26(12-8-22)20-19-4-2-1-3-17(19)5-9-23-20/h1-6,9-10,15H,7-8,11-14,16H2. The molecule has 4 heterocycles. The highest BCUT2D eigenvalue weighted by atomic mass is 16.5. The zero-order valence-electron chi connectivity index (χ0n) is 16.2. The van der Waals surface area contributed by atoms with E-state index in [0.717, 1.165) is 31.7 Å². The van der Waals surface area contributed by atoms with Crippen LogP contribution in [0.25, 0.3) is 10.8 Å². The van der Waals surface area contributed by atoms with Crippen LogP contribution in [0, 0.1) is 0 Å². The van der Waals surface area contributed by atoms with Crippen molar-refractivity contribution >= 4 is 22.5 Å². The molecule has 1 spiro atoms. The maximum absolute atomic E-state index is 12.8. The van der Waals surface area contributed by atoms with Crippen molar-refractivity contribution in [3.05, 3.63) is 60.6 Å². The van der Waals surface area contributed by atoms with E-state index >= 15 is 0 Å². The zero-order chi connectivity index (χ0) is 19.7. The van der Waals surface area contributed by atoms with Crippen molar-refractivity contribution in [3.63, 3.8) is 0 Å². The molecule has 0 N–H and O–H groups in total. The Hall–Kier alpha value is -3.06. The highest BCUT2D eigenvalue weighted by molar-refractivity contribution is 5.94. The van der Waals surface area contributed by atoms with E-state index in [1.807, 2.05) is 17.2 Å². The Balaban J connectivity index is 1.31. The number of benzene rings is 1. The second-order valence-corrected chi connectivity index (χ2v) is 7.73. The summed E-state index contributed by atoms with van der Waals surface area (Å²) < 4.78 is 6.23. The second-order valence-electron chi connectivity index (χ2n) is 7.73. The average Bonchev–Trinajstić information content (AvgIpc) is 2.79. The zero-order valence-corrected chi connectivity index (χ0v) is 16.2. The minimum Gasteiger partial charge on any atom is -0.371 e. The summed E-state index contributed by atoms with van der Waals surface area (Å²) >= 11 is 0. The van der Waals surface area contributed by atoms with Crippen molar-refractivity contribution in [2.45, 2.75) is 18.4 Å². The van der Waals surface area contributed by atoms with Crippen LogP contribution in [0.2, 0.25) is 0 Å². The number of rotatable bonds is 2. The number of amides is 1. The van der Waals surface area contributed by atoms with E-state index in [1.165, 1.54) is 17.0 Å². The predicted molar refractivity (Wildman–Crippen MR) is 110 cm³/mol. The summed E-state index contributed by atoms with van der Waals surface area (Å²) in [7, 11) is 0. The normalized spacial score (nSPS) is 18.9. The van der Waals surface area contributed by atoms with Crippen LogP contribution in [0.1, 0.15) is 23.2 Å². The molecule has 1 aromatic carbocycles. The molecule has 29 heavy (non-hydrogen) atoms. The number of nitrogens with zero attached hydrogens (tertiary/aromatic N) is 5. The third-order valence-corrected chi connectivity index (χ3v) is 5.99. The molecule has 0 bridgehead atoms. The van der Waals surface area contributed by atoms with Gasteiger partial charge < -0.3 is 14.5 Å². The largest absolute Gasteiger partial charge is 0.371 e. The van der Waals surface area contributed by atoms with E-state index in [-0.39, 0.29) is 11.5 Å². The highest BCUT2D eigenvalue weighted by Crippen LogP contribution is 2.34. The number of carbonyl (C=O) groups excluding carboxylic acids is 1. The lowest BCUT2D eigenvalue weighted by atomic mass is 9.89. The molecule has 7 heteroatoms. The monoisotopic (exact) mass is 389 g/mol. The molecule has 0 saturated carbocycles. The van der Waals surface area contributed by atoms with Gasteiger partial charge in [0.05, 0.1) is 36.7 Å². The van der Waals surface area contributed by atoms with Gasteiger partial charge in [-0.25, -0.2) is 4.98 Å². The van der Waals surface area contributed by atoms with Crippen molar-refractivity contribution in [1.29, 1.82) is 0 Å². The molecule has 3 aromatic rings. The molecule has 1 amide bonds. The minimum atomic E-state index is -0.282. The Morgan fingerprint density at radius 2 is 1.86 bits per heavy atom. The van der Waals surface area contributed by atoms with Crippen molar-refractivity contribution in [2.24, 2.45) is 0 Å². The molecular weight excluding hydrogens is 366 g/mol. The van der Waals surface area contributed by atoms with Crippen molar-refractivity contribution in [3.8, 4) is 0 Å². The Labute approximate surface area is 169 Å². The minimum absolute atomic E-state index is 0.000671. The average molecular weight is 389 g/mol. The van der Waals surface area contributed by atoms with E-state index in [9.17, 15) is 4.79 Å². The molecule has 7 nitrogen and oxygen atoms in total. The third kappa shape index (κ3) is 3.42. The van der Waals surface area contributed by atoms with Gasteiger partial charge >= 0.3 is 0 Å². The summed E-state index contributed by atoms with van der Waals surface area (Å²) in [6, 6.07) is 12.1. The highest BCUT2D eigenvalue weighted by Gasteiger charge is 2.41. The van der Waals surface area contributed by atoms with Crippen LogP contribution < -0.4 is 4.90 Å². The fraction of sp³-hybridized carbons (Fsp3) is 0.364. The van der Waals surface area contributed by atoms with Gasteiger partial charge in [-0.3, -0.25) is 4.79 Å². The Kier molecular flexibility index (Phi) is 4.60. The molecule has 148 valence electrons. The van der Waals surface area contributed by atoms with E-state index in [4.69, 9.17) is 4.74 Å². The number of fused-ring (bicyclic) bond motifs is 1. The van der Waals surface area contributed by atoms with Gasteiger partial charge in [0.25, 0.3) is 5.91 Å². The molecule has 2 saturated heterocycles. The second kappa shape index (κ2) is 7.40. The number of carbonyl (C=O) groups is 1. The van der Waals surface area contributed by atoms with Crippen molar-refractivity contribution in [1.82, 2.24) is 20.1 Å². The van der Waals surface area contributed by atoms with Gasteiger partial charge in [0.15, 0.2) is 0 Å². The smallest absolute Gasteiger partial charge is 0.255 e. The number of anilines is 1. The predicted octanol–water partition coefficient (Wildman–Crippen LogP) is 2.54. The summed E-state index contributed by atoms with van der Waals surface area (Å²) in [6.45, 7) is 3.51. The van der Waals surface area contributed by atoms with Crippen LogP contribution in [0.5, 0.6) is 0 Å². The summed E-state index contributed by atoms with van der Waals surface area (Å²) in [5.74, 6) is 1.03. The van der Waals surface area contributed by atoms with Crippen LogP contribution in [0.15, 0.2) is 55.0 Å². The van der Waals surface area contributed by atoms with Gasteiger partial charge in [-0.2, -0.15) is 10.2 Å². The van der Waals surface area contributed by atoms with E-state index < -0.39 is 0 Å². The number of ether oxygens (including phenoxy) is 1. The van der Waals surface area contributed by atoms with Crippen molar-refractivity contribution in [2.75, 3.05) is 37.7 Å². The van der Waals surface area contributed by atoms with Crippen LogP contribution in [-0.4, -0.2) is 64.4 Å². The molecule has 0 aliphatic carbocycles. The Bertz CT molecular complexity index is 1010. The molecule has 2 aliphatic rings. The van der Waals surface area contributed by atoms with Crippen molar-refractivity contribution < 1.29 is 9.53 Å². The van der Waals surface area contributed by atoms with E-state index in [0.29, 0.717) is 25.3 Å².